The van der Waals surface area contributed by atoms with E-state index in [0.29, 0.717) is 22.3 Å². The summed E-state index contributed by atoms with van der Waals surface area (Å²) in [6, 6.07) is 4.76. The Morgan fingerprint density at radius 2 is 2.03 bits per heavy atom. The highest BCUT2D eigenvalue weighted by Crippen LogP contribution is 2.25. The molecule has 33 heavy (non-hydrogen) atoms. The van der Waals surface area contributed by atoms with Gasteiger partial charge in [0.15, 0.2) is 5.82 Å². The van der Waals surface area contributed by atoms with Crippen molar-refractivity contribution in [1.82, 2.24) is 19.9 Å². The first-order valence-electron chi connectivity index (χ1n) is 9.86. The third-order valence-corrected chi connectivity index (χ3v) is 6.18. The molecular formula is C20H21F4N5O3S. The van der Waals surface area contributed by atoms with Gasteiger partial charge < -0.3 is 15.0 Å². The zero-order valence-electron chi connectivity index (χ0n) is 17.7. The summed E-state index contributed by atoms with van der Waals surface area (Å²) in [5.74, 6) is -2.51. The molecule has 2 aromatic heterocycles. The van der Waals surface area contributed by atoms with Crippen molar-refractivity contribution >= 4 is 40.2 Å². The Hall–Kier alpha value is -3.06. The molecule has 8 nitrogen and oxygen atoms in total. The minimum atomic E-state index is -5.08. The predicted octanol–water partition coefficient (Wildman–Crippen LogP) is 3.51. The summed E-state index contributed by atoms with van der Waals surface area (Å²) in [6.07, 6.45) is -3.05. The Labute approximate surface area is 189 Å². The second-order valence-electron chi connectivity index (χ2n) is 7.44. The first kappa shape index (κ1) is 24.6. The van der Waals surface area contributed by atoms with Crippen molar-refractivity contribution in [1.29, 1.82) is 0 Å². The summed E-state index contributed by atoms with van der Waals surface area (Å²) in [4.78, 5) is 31.0. The number of rotatable bonds is 4. The minimum Gasteiger partial charge on any atom is -0.475 e. The Morgan fingerprint density at radius 3 is 2.61 bits per heavy atom. The maximum atomic E-state index is 13.9. The van der Waals surface area contributed by atoms with Gasteiger partial charge in [-0.3, -0.25) is 10.1 Å². The number of thiazole rings is 1. The Balaban J connectivity index is 0.000000383. The summed E-state index contributed by atoms with van der Waals surface area (Å²) in [5.41, 5.74) is 1.61. The van der Waals surface area contributed by atoms with Crippen molar-refractivity contribution < 1.29 is 32.3 Å². The van der Waals surface area contributed by atoms with Crippen LogP contribution in [0.2, 0.25) is 0 Å². The van der Waals surface area contributed by atoms with Gasteiger partial charge in [0.05, 0.1) is 16.2 Å². The van der Waals surface area contributed by atoms with E-state index in [-0.39, 0.29) is 11.4 Å². The molecule has 3 N–H and O–H groups in total. The number of carboxylic acid groups (broad SMARTS) is 1. The largest absolute Gasteiger partial charge is 0.490 e. The van der Waals surface area contributed by atoms with Crippen molar-refractivity contribution in [2.24, 2.45) is 13.0 Å². The van der Waals surface area contributed by atoms with E-state index in [2.05, 4.69) is 20.6 Å². The van der Waals surface area contributed by atoms with Gasteiger partial charge in [0.2, 0.25) is 5.95 Å². The van der Waals surface area contributed by atoms with E-state index in [0.717, 1.165) is 36.6 Å². The smallest absolute Gasteiger partial charge is 0.475 e. The van der Waals surface area contributed by atoms with E-state index >= 15 is 0 Å². The quantitative estimate of drug-likeness (QED) is 0.486. The molecule has 0 radical (unpaired) electrons. The number of carbonyl (C=O) groups is 2. The minimum absolute atomic E-state index is 0.251. The van der Waals surface area contributed by atoms with Gasteiger partial charge in [0, 0.05) is 13.5 Å². The molecule has 1 amide bonds. The highest BCUT2D eigenvalue weighted by atomic mass is 32.1. The lowest BCUT2D eigenvalue weighted by Gasteiger charge is -2.04. The molecule has 0 aliphatic carbocycles. The van der Waals surface area contributed by atoms with E-state index < -0.39 is 18.0 Å². The van der Waals surface area contributed by atoms with Crippen molar-refractivity contribution in [2.75, 3.05) is 18.4 Å². The highest BCUT2D eigenvalue weighted by molar-refractivity contribution is 7.13. The van der Waals surface area contributed by atoms with E-state index in [1.165, 1.54) is 17.4 Å². The van der Waals surface area contributed by atoms with Crippen LogP contribution < -0.4 is 10.6 Å². The van der Waals surface area contributed by atoms with Crippen LogP contribution in [0, 0.1) is 18.7 Å². The van der Waals surface area contributed by atoms with Gasteiger partial charge in [-0.15, -0.1) is 11.3 Å². The fourth-order valence-electron chi connectivity index (χ4n) is 3.34. The van der Waals surface area contributed by atoms with Gasteiger partial charge in [-0.1, -0.05) is 6.07 Å². The second-order valence-corrected chi connectivity index (χ2v) is 8.53. The molecule has 0 saturated carbocycles. The van der Waals surface area contributed by atoms with Crippen LogP contribution >= 0.6 is 11.3 Å². The molecule has 1 aliphatic heterocycles. The third kappa shape index (κ3) is 5.85. The second kappa shape index (κ2) is 9.83. The van der Waals surface area contributed by atoms with Gasteiger partial charge in [0.1, 0.15) is 10.4 Å². The number of carbonyl (C=O) groups excluding carboxylic acids is 1. The predicted molar refractivity (Wildman–Crippen MR) is 114 cm³/mol. The molecule has 0 spiro atoms. The number of benzene rings is 1. The lowest BCUT2D eigenvalue weighted by molar-refractivity contribution is -0.192. The number of carboxylic acids is 1. The number of amides is 1. The monoisotopic (exact) mass is 487 g/mol. The average Bonchev–Trinajstić information content (AvgIpc) is 3.44. The van der Waals surface area contributed by atoms with Crippen LogP contribution in [-0.4, -0.2) is 50.8 Å². The zero-order valence-corrected chi connectivity index (χ0v) is 18.5. The Morgan fingerprint density at radius 1 is 1.33 bits per heavy atom. The number of hydrogen-bond acceptors (Lipinski definition) is 6. The number of aromatic nitrogens is 3. The molecule has 13 heteroatoms. The van der Waals surface area contributed by atoms with Crippen molar-refractivity contribution in [2.45, 2.75) is 25.9 Å². The van der Waals surface area contributed by atoms with Crippen LogP contribution in [0.4, 0.5) is 23.5 Å². The normalized spacial score (nSPS) is 15.9. The molecule has 0 bridgehead atoms. The number of aryl methyl sites for hydroxylation is 2. The molecule has 1 aromatic carbocycles. The topological polar surface area (TPSA) is 109 Å². The molecule has 1 atom stereocenters. The summed E-state index contributed by atoms with van der Waals surface area (Å²) in [7, 11) is 1.75. The number of fused-ring (bicyclic) bond motifs is 1. The van der Waals surface area contributed by atoms with Crippen molar-refractivity contribution in [3.8, 4) is 0 Å². The highest BCUT2D eigenvalue weighted by Gasteiger charge is 2.38. The van der Waals surface area contributed by atoms with Gasteiger partial charge >= 0.3 is 12.1 Å². The molecule has 1 saturated heterocycles. The Kier molecular flexibility index (Phi) is 7.32. The zero-order chi connectivity index (χ0) is 24.3. The first-order chi connectivity index (χ1) is 15.5. The van der Waals surface area contributed by atoms with Gasteiger partial charge in [-0.05, 0) is 44.5 Å². The number of anilines is 1. The summed E-state index contributed by atoms with van der Waals surface area (Å²) < 4.78 is 47.3. The fourth-order valence-corrected chi connectivity index (χ4v) is 4.41. The number of para-hydroxylation sites is 1. The molecule has 3 aromatic rings. The molecule has 1 unspecified atom stereocenters. The standard InChI is InChI=1S/C18H20FN5OS.C2HF3O2/c1-10-16(26-14(21-10)8-11-6-7-20-9-11)17(25)23-18-22-15-12(19)4-3-5-13(15)24(18)2;3-2(4,5)1(6)7/h3-5,11,20H,6-9H2,1-2H3,(H,22,23,25);(H,6,7). The van der Waals surface area contributed by atoms with Crippen LogP contribution in [0.1, 0.15) is 26.8 Å². The van der Waals surface area contributed by atoms with Crippen molar-refractivity contribution in [3.63, 3.8) is 0 Å². The maximum absolute atomic E-state index is 13.9. The van der Waals surface area contributed by atoms with Crippen LogP contribution in [0.3, 0.4) is 0 Å². The van der Waals surface area contributed by atoms with Gasteiger partial charge in [0.25, 0.3) is 5.91 Å². The number of nitrogens with zero attached hydrogens (tertiary/aromatic N) is 3. The molecule has 1 fully saturated rings. The van der Waals surface area contributed by atoms with E-state index in [9.17, 15) is 22.4 Å². The lowest BCUT2D eigenvalue weighted by atomic mass is 10.1. The fraction of sp³-hybridized carbons (Fsp3) is 0.400. The molecule has 178 valence electrons. The number of halogens is 4. The van der Waals surface area contributed by atoms with Crippen LogP contribution in [-0.2, 0) is 18.3 Å². The number of aliphatic carboxylic acids is 1. The third-order valence-electron chi connectivity index (χ3n) is 5.00. The number of nitrogens with one attached hydrogen (secondary N) is 2. The molecule has 3 heterocycles. The van der Waals surface area contributed by atoms with Crippen LogP contribution in [0.25, 0.3) is 11.0 Å². The first-order valence-corrected chi connectivity index (χ1v) is 10.7. The van der Waals surface area contributed by atoms with Crippen molar-refractivity contribution in [3.05, 3.63) is 39.6 Å². The van der Waals surface area contributed by atoms with Gasteiger partial charge in [-0.2, -0.15) is 13.2 Å². The SMILES string of the molecule is Cc1nc(CC2CCNC2)sc1C(=O)Nc1nc2c(F)cccc2n1C.O=C(O)C(F)(F)F. The van der Waals surface area contributed by atoms with Crippen LogP contribution in [0.15, 0.2) is 18.2 Å². The Bertz CT molecular complexity index is 1170. The number of hydrogen-bond donors (Lipinski definition) is 3. The van der Waals surface area contributed by atoms with E-state index in [4.69, 9.17) is 9.90 Å². The average molecular weight is 487 g/mol. The molecule has 1 aliphatic rings. The maximum Gasteiger partial charge on any atom is 0.490 e. The summed E-state index contributed by atoms with van der Waals surface area (Å²) >= 11 is 1.43. The molecule has 4 rings (SSSR count). The van der Waals surface area contributed by atoms with E-state index in [1.807, 2.05) is 6.92 Å². The summed E-state index contributed by atoms with van der Waals surface area (Å²) in [6.45, 7) is 3.90. The molecular weight excluding hydrogens is 466 g/mol. The van der Waals surface area contributed by atoms with Crippen LogP contribution in [0.5, 0.6) is 0 Å². The van der Waals surface area contributed by atoms with Gasteiger partial charge in [-0.25, -0.2) is 19.2 Å². The number of imidazole rings is 1. The van der Waals surface area contributed by atoms with E-state index in [1.54, 1.807) is 23.7 Å². The number of alkyl halides is 3. The lowest BCUT2D eigenvalue weighted by Crippen LogP contribution is -2.21. The summed E-state index contributed by atoms with van der Waals surface area (Å²) in [5, 5.41) is 14.3.